The molecule has 146 valence electrons. The normalized spacial score (nSPS) is 16.0. The lowest BCUT2D eigenvalue weighted by Gasteiger charge is -2.20. The molecule has 3 N–H and O–H groups in total. The van der Waals surface area contributed by atoms with Crippen molar-refractivity contribution in [2.45, 2.75) is 65.0 Å². The van der Waals surface area contributed by atoms with Crippen LogP contribution in [0.5, 0.6) is 0 Å². The molecule has 2 aromatic rings. The summed E-state index contributed by atoms with van der Waals surface area (Å²) in [6.07, 6.45) is 7.63. The van der Waals surface area contributed by atoms with Crippen LogP contribution in [0.4, 0.5) is 5.82 Å². The van der Waals surface area contributed by atoms with E-state index in [2.05, 4.69) is 60.8 Å². The van der Waals surface area contributed by atoms with Gasteiger partial charge < -0.3 is 10.6 Å². The van der Waals surface area contributed by atoms with Gasteiger partial charge in [0.2, 0.25) is 0 Å². The number of hydrogen-bond donors (Lipinski definition) is 2. The van der Waals surface area contributed by atoms with Crippen LogP contribution < -0.4 is 10.6 Å². The lowest BCUT2D eigenvalue weighted by atomic mass is 9.95. The van der Waals surface area contributed by atoms with Crippen molar-refractivity contribution in [1.82, 2.24) is 9.78 Å². The van der Waals surface area contributed by atoms with Gasteiger partial charge in [0.05, 0.1) is 12.2 Å². The molecule has 0 spiro atoms. The summed E-state index contributed by atoms with van der Waals surface area (Å²) < 4.78 is 1.99. The fourth-order valence-corrected chi connectivity index (χ4v) is 4.05. The van der Waals surface area contributed by atoms with E-state index in [9.17, 15) is 4.79 Å². The third-order valence-electron chi connectivity index (χ3n) is 5.66. The molecule has 0 unspecified atom stereocenters. The van der Waals surface area contributed by atoms with Crippen molar-refractivity contribution >= 4 is 11.7 Å². The van der Waals surface area contributed by atoms with Crippen LogP contribution in [0.1, 0.15) is 69.7 Å². The van der Waals surface area contributed by atoms with E-state index in [1.807, 2.05) is 10.7 Å². The van der Waals surface area contributed by atoms with Crippen LogP contribution in [0.3, 0.4) is 0 Å². The van der Waals surface area contributed by atoms with Gasteiger partial charge in [-0.2, -0.15) is 5.10 Å². The molecule has 1 aromatic carbocycles. The van der Waals surface area contributed by atoms with E-state index in [1.165, 1.54) is 24.0 Å². The van der Waals surface area contributed by atoms with Gasteiger partial charge in [-0.25, -0.2) is 4.68 Å². The Morgan fingerprint density at radius 1 is 1.22 bits per heavy atom. The number of hydrogen-bond acceptors (Lipinski definition) is 2. The maximum Gasteiger partial charge on any atom is 0.280 e. The van der Waals surface area contributed by atoms with Crippen LogP contribution >= 0.6 is 0 Å². The number of nitrogens with zero attached hydrogens (tertiary/aromatic N) is 2. The van der Waals surface area contributed by atoms with E-state index in [0.29, 0.717) is 18.5 Å². The average Bonchev–Trinajstić information content (AvgIpc) is 3.33. The first-order chi connectivity index (χ1) is 13.1. The lowest BCUT2D eigenvalue weighted by molar-refractivity contribution is -0.692. The van der Waals surface area contributed by atoms with Crippen molar-refractivity contribution < 1.29 is 10.1 Å². The number of anilines is 1. The largest absolute Gasteiger partial charge is 0.332 e. The minimum Gasteiger partial charge on any atom is -0.332 e. The van der Waals surface area contributed by atoms with Gasteiger partial charge in [0, 0.05) is 17.5 Å². The van der Waals surface area contributed by atoms with Crippen LogP contribution in [0.2, 0.25) is 0 Å². The number of carbonyl (C=O) groups is 1. The standard InChI is InChI=1S/C22H32N4O/c1-4-17-9-11-18(12-10-17)22(16(2)3)23-15-21(27)25-20-13-14-24-26(20)19-7-5-6-8-19/h9-14,16,19,22-23H,4-8,15H2,1-3H3,(H,25,27)/p+1/t22-/m0/s1. The number of nitrogens with two attached hydrogens (primary N) is 1. The number of benzene rings is 1. The molecular formula is C22H33N4O+. The molecule has 0 aliphatic heterocycles. The second-order valence-corrected chi connectivity index (χ2v) is 7.95. The molecule has 1 heterocycles. The number of carbonyl (C=O) groups excluding carboxylic acids is 1. The minimum atomic E-state index is 0.0329. The molecule has 3 rings (SSSR count). The van der Waals surface area contributed by atoms with Crippen LogP contribution in [0.15, 0.2) is 36.5 Å². The number of aryl methyl sites for hydroxylation is 1. The molecule has 1 aliphatic carbocycles. The Morgan fingerprint density at radius 3 is 2.56 bits per heavy atom. The first kappa shape index (κ1) is 19.6. The number of quaternary nitrogens is 1. The first-order valence-corrected chi connectivity index (χ1v) is 10.3. The van der Waals surface area contributed by atoms with Crippen molar-refractivity contribution in [2.24, 2.45) is 5.92 Å². The van der Waals surface area contributed by atoms with Crippen LogP contribution in [0, 0.1) is 5.92 Å². The Kier molecular flexibility index (Phi) is 6.67. The average molecular weight is 370 g/mol. The number of rotatable bonds is 8. The SMILES string of the molecule is CCc1ccc([C@@H]([NH2+]CC(=O)Nc2ccnn2C2CCCC2)C(C)C)cc1. The predicted molar refractivity (Wildman–Crippen MR) is 109 cm³/mol. The number of amides is 1. The smallest absolute Gasteiger partial charge is 0.280 e. The number of nitrogens with one attached hydrogen (secondary N) is 1. The van der Waals surface area contributed by atoms with Gasteiger partial charge in [0.15, 0.2) is 6.54 Å². The van der Waals surface area contributed by atoms with Crippen molar-refractivity contribution in [1.29, 1.82) is 0 Å². The molecule has 1 atom stereocenters. The highest BCUT2D eigenvalue weighted by Crippen LogP contribution is 2.31. The highest BCUT2D eigenvalue weighted by atomic mass is 16.2. The minimum absolute atomic E-state index is 0.0329. The van der Waals surface area contributed by atoms with Crippen molar-refractivity contribution in [2.75, 3.05) is 11.9 Å². The summed E-state index contributed by atoms with van der Waals surface area (Å²) >= 11 is 0. The van der Waals surface area contributed by atoms with Crippen molar-refractivity contribution in [3.8, 4) is 0 Å². The molecule has 1 aromatic heterocycles. The first-order valence-electron chi connectivity index (χ1n) is 10.3. The van der Waals surface area contributed by atoms with Gasteiger partial charge in [0.25, 0.3) is 5.91 Å². The van der Waals surface area contributed by atoms with E-state index in [4.69, 9.17) is 0 Å². The third-order valence-corrected chi connectivity index (χ3v) is 5.66. The molecular weight excluding hydrogens is 336 g/mol. The van der Waals surface area contributed by atoms with Gasteiger partial charge in [-0.3, -0.25) is 4.79 Å². The molecule has 1 saturated carbocycles. The van der Waals surface area contributed by atoms with Gasteiger partial charge in [-0.05, 0) is 24.8 Å². The van der Waals surface area contributed by atoms with E-state index in [-0.39, 0.29) is 11.9 Å². The fourth-order valence-electron chi connectivity index (χ4n) is 4.05. The summed E-state index contributed by atoms with van der Waals surface area (Å²) in [7, 11) is 0. The van der Waals surface area contributed by atoms with E-state index in [0.717, 1.165) is 25.1 Å². The van der Waals surface area contributed by atoms with Gasteiger partial charge in [-0.15, -0.1) is 0 Å². The highest BCUT2D eigenvalue weighted by molar-refractivity contribution is 5.90. The third kappa shape index (κ3) is 4.98. The monoisotopic (exact) mass is 369 g/mol. The molecule has 5 nitrogen and oxygen atoms in total. The zero-order valence-electron chi connectivity index (χ0n) is 16.8. The molecule has 0 bridgehead atoms. The highest BCUT2D eigenvalue weighted by Gasteiger charge is 2.23. The molecule has 1 amide bonds. The van der Waals surface area contributed by atoms with Gasteiger partial charge in [-0.1, -0.05) is 57.9 Å². The summed E-state index contributed by atoms with van der Waals surface area (Å²) in [6.45, 7) is 7.00. The molecule has 1 fully saturated rings. The Labute approximate surface area is 162 Å². The van der Waals surface area contributed by atoms with E-state index in [1.54, 1.807) is 6.20 Å². The van der Waals surface area contributed by atoms with Gasteiger partial charge >= 0.3 is 0 Å². The zero-order chi connectivity index (χ0) is 19.2. The van der Waals surface area contributed by atoms with Crippen LogP contribution in [-0.4, -0.2) is 22.2 Å². The fraction of sp³-hybridized carbons (Fsp3) is 0.545. The Balaban J connectivity index is 1.59. The molecule has 0 radical (unpaired) electrons. The molecule has 0 saturated heterocycles. The van der Waals surface area contributed by atoms with Gasteiger partial charge in [0.1, 0.15) is 11.9 Å². The summed E-state index contributed by atoms with van der Waals surface area (Å²) in [6, 6.07) is 11.4. The second-order valence-electron chi connectivity index (χ2n) is 7.95. The second kappa shape index (κ2) is 9.18. The maximum absolute atomic E-state index is 12.6. The Hall–Kier alpha value is -2.14. The predicted octanol–water partition coefficient (Wildman–Crippen LogP) is 3.46. The summed E-state index contributed by atoms with van der Waals surface area (Å²) in [4.78, 5) is 12.6. The van der Waals surface area contributed by atoms with Crippen LogP contribution in [0.25, 0.3) is 0 Å². The topological polar surface area (TPSA) is 63.5 Å². The summed E-state index contributed by atoms with van der Waals surface area (Å²) in [5.74, 6) is 1.31. The number of aromatic nitrogens is 2. The quantitative estimate of drug-likeness (QED) is 0.748. The lowest BCUT2D eigenvalue weighted by Crippen LogP contribution is -2.88. The van der Waals surface area contributed by atoms with Crippen molar-refractivity contribution in [3.63, 3.8) is 0 Å². The molecule has 27 heavy (non-hydrogen) atoms. The molecule has 1 aliphatic rings. The Bertz CT molecular complexity index is 729. The van der Waals surface area contributed by atoms with E-state index < -0.39 is 0 Å². The summed E-state index contributed by atoms with van der Waals surface area (Å²) in [5.41, 5.74) is 2.63. The summed E-state index contributed by atoms with van der Waals surface area (Å²) in [5, 5.41) is 9.64. The molecule has 5 heteroatoms. The van der Waals surface area contributed by atoms with Crippen molar-refractivity contribution in [3.05, 3.63) is 47.7 Å². The zero-order valence-corrected chi connectivity index (χ0v) is 16.8. The maximum atomic E-state index is 12.6. The Morgan fingerprint density at radius 2 is 1.93 bits per heavy atom. The van der Waals surface area contributed by atoms with E-state index >= 15 is 0 Å². The van der Waals surface area contributed by atoms with Crippen LogP contribution in [-0.2, 0) is 11.2 Å².